The number of rotatable bonds is 3. The Morgan fingerprint density at radius 1 is 1.10 bits per heavy atom. The second-order valence-corrected chi connectivity index (χ2v) is 6.22. The van der Waals surface area contributed by atoms with Crippen LogP contribution in [0.2, 0.25) is 0 Å². The molecule has 1 unspecified atom stereocenters. The zero-order valence-electron chi connectivity index (χ0n) is 12.1. The Bertz CT molecular complexity index is 660. The zero-order valence-corrected chi connectivity index (χ0v) is 12.1. The second-order valence-electron chi connectivity index (χ2n) is 6.22. The number of benzene rings is 2. The smallest absolute Gasteiger partial charge is 0.152 e. The lowest BCUT2D eigenvalue weighted by Gasteiger charge is -2.26. The molecule has 0 spiro atoms. The highest BCUT2D eigenvalue weighted by atomic mass is 19.1. The average molecular weight is 281 g/mol. The zero-order chi connectivity index (χ0) is 14.2. The van der Waals surface area contributed by atoms with Crippen molar-refractivity contribution < 1.29 is 4.39 Å². The van der Waals surface area contributed by atoms with E-state index < -0.39 is 6.17 Å². The van der Waals surface area contributed by atoms with Crippen molar-refractivity contribution in [3.05, 3.63) is 64.7 Å². The normalized spacial score (nSPS) is 18.7. The van der Waals surface area contributed by atoms with E-state index >= 15 is 4.39 Å². The molecule has 4 rings (SSSR count). The Morgan fingerprint density at radius 2 is 1.95 bits per heavy atom. The van der Waals surface area contributed by atoms with Crippen LogP contribution in [-0.4, -0.2) is 6.54 Å². The van der Waals surface area contributed by atoms with Gasteiger partial charge in [-0.3, -0.25) is 0 Å². The maximum atomic E-state index is 15.0. The van der Waals surface area contributed by atoms with Crippen molar-refractivity contribution in [2.45, 2.75) is 37.8 Å². The third-order valence-corrected chi connectivity index (χ3v) is 4.93. The van der Waals surface area contributed by atoms with Crippen LogP contribution in [-0.2, 0) is 6.42 Å². The minimum absolute atomic E-state index is 0.650. The quantitative estimate of drug-likeness (QED) is 0.836. The molecule has 0 bridgehead atoms. The average Bonchev–Trinajstić information content (AvgIpc) is 2.93. The summed E-state index contributed by atoms with van der Waals surface area (Å²) in [6.07, 6.45) is 3.78. The van der Waals surface area contributed by atoms with Crippen molar-refractivity contribution >= 4 is 5.69 Å². The van der Waals surface area contributed by atoms with Crippen molar-refractivity contribution in [3.8, 4) is 0 Å². The van der Waals surface area contributed by atoms with Gasteiger partial charge in [0.1, 0.15) is 0 Å². The molecule has 0 amide bonds. The molecule has 108 valence electrons. The van der Waals surface area contributed by atoms with E-state index in [0.29, 0.717) is 5.92 Å². The Morgan fingerprint density at radius 3 is 2.76 bits per heavy atom. The van der Waals surface area contributed by atoms with E-state index in [0.717, 1.165) is 29.8 Å². The van der Waals surface area contributed by atoms with Gasteiger partial charge in [0.05, 0.1) is 0 Å². The summed E-state index contributed by atoms with van der Waals surface area (Å²) in [5, 5.41) is 3.34. The van der Waals surface area contributed by atoms with E-state index in [1.807, 2.05) is 24.3 Å². The topological polar surface area (TPSA) is 12.0 Å². The fourth-order valence-electron chi connectivity index (χ4n) is 3.47. The summed E-state index contributed by atoms with van der Waals surface area (Å²) in [6.45, 7) is 0.918. The van der Waals surface area contributed by atoms with Crippen LogP contribution in [0.4, 0.5) is 10.1 Å². The number of alkyl halides is 1. The molecule has 1 aliphatic heterocycles. The molecule has 1 aliphatic carbocycles. The van der Waals surface area contributed by atoms with Gasteiger partial charge in [0, 0.05) is 17.8 Å². The van der Waals surface area contributed by atoms with Crippen molar-refractivity contribution in [2.75, 3.05) is 11.9 Å². The maximum Gasteiger partial charge on any atom is 0.152 e. The van der Waals surface area contributed by atoms with Crippen molar-refractivity contribution in [1.29, 1.82) is 0 Å². The molecule has 0 aromatic heterocycles. The molecule has 0 saturated heterocycles. The fourth-order valence-corrected chi connectivity index (χ4v) is 3.47. The minimum Gasteiger partial charge on any atom is -0.384 e. The molecule has 1 atom stereocenters. The SMILES string of the molecule is FC(c1cccc(C2CCC2)c1)c1cccc2c1NCC2. The van der Waals surface area contributed by atoms with Crippen LogP contribution >= 0.6 is 0 Å². The van der Waals surface area contributed by atoms with Gasteiger partial charge in [0.15, 0.2) is 6.17 Å². The molecule has 1 N–H and O–H groups in total. The number of hydrogen-bond donors (Lipinski definition) is 1. The summed E-state index contributed by atoms with van der Waals surface area (Å²) in [6, 6.07) is 14.1. The van der Waals surface area contributed by atoms with Crippen molar-refractivity contribution in [1.82, 2.24) is 0 Å². The number of nitrogens with one attached hydrogen (secondary N) is 1. The molecule has 1 heterocycles. The van der Waals surface area contributed by atoms with Crippen molar-refractivity contribution in [3.63, 3.8) is 0 Å². The molecule has 2 heteroatoms. The second kappa shape index (κ2) is 5.18. The third kappa shape index (κ3) is 2.23. The summed E-state index contributed by atoms with van der Waals surface area (Å²) >= 11 is 0. The highest BCUT2D eigenvalue weighted by Crippen LogP contribution is 2.40. The number of hydrogen-bond acceptors (Lipinski definition) is 1. The van der Waals surface area contributed by atoms with Crippen LogP contribution in [0.1, 0.15) is 53.6 Å². The predicted molar refractivity (Wildman–Crippen MR) is 84.6 cm³/mol. The van der Waals surface area contributed by atoms with Crippen molar-refractivity contribution in [2.24, 2.45) is 0 Å². The Hall–Kier alpha value is -1.83. The molecule has 1 saturated carbocycles. The Balaban J connectivity index is 1.68. The van der Waals surface area contributed by atoms with E-state index in [9.17, 15) is 0 Å². The largest absolute Gasteiger partial charge is 0.384 e. The van der Waals surface area contributed by atoms with Crippen LogP contribution < -0.4 is 5.32 Å². The Kier molecular flexibility index (Phi) is 3.17. The number of fused-ring (bicyclic) bond motifs is 1. The molecule has 0 radical (unpaired) electrons. The Labute approximate surface area is 125 Å². The van der Waals surface area contributed by atoms with Crippen LogP contribution in [0.15, 0.2) is 42.5 Å². The third-order valence-electron chi connectivity index (χ3n) is 4.93. The molecule has 1 fully saturated rings. The molecular weight excluding hydrogens is 261 g/mol. The first-order valence-corrected chi connectivity index (χ1v) is 7.92. The van der Waals surface area contributed by atoms with Gasteiger partial charge in [-0.05, 0) is 41.9 Å². The molecule has 21 heavy (non-hydrogen) atoms. The first-order chi connectivity index (χ1) is 10.3. The van der Waals surface area contributed by atoms with Gasteiger partial charge in [-0.2, -0.15) is 0 Å². The number of halogens is 1. The molecule has 2 aliphatic rings. The standard InChI is InChI=1S/C19H20FN/c20-18(17-9-3-6-14-10-11-21-19(14)17)16-8-2-7-15(12-16)13-4-1-5-13/h2-3,6-9,12-13,18,21H,1,4-5,10-11H2. The van der Waals surface area contributed by atoms with Gasteiger partial charge in [0.25, 0.3) is 0 Å². The lowest BCUT2D eigenvalue weighted by Crippen LogP contribution is -2.09. The van der Waals surface area contributed by atoms with Gasteiger partial charge in [-0.1, -0.05) is 48.9 Å². The summed E-state index contributed by atoms with van der Waals surface area (Å²) in [5.41, 5.74) is 5.14. The van der Waals surface area contributed by atoms with Crippen LogP contribution in [0.3, 0.4) is 0 Å². The van der Waals surface area contributed by atoms with Gasteiger partial charge in [-0.15, -0.1) is 0 Å². The highest BCUT2D eigenvalue weighted by Gasteiger charge is 2.24. The summed E-state index contributed by atoms with van der Waals surface area (Å²) in [4.78, 5) is 0. The van der Waals surface area contributed by atoms with Gasteiger partial charge >= 0.3 is 0 Å². The summed E-state index contributed by atoms with van der Waals surface area (Å²) in [5.74, 6) is 0.650. The fraction of sp³-hybridized carbons (Fsp3) is 0.368. The molecule has 2 aromatic carbocycles. The molecular formula is C19H20FN. The van der Waals surface area contributed by atoms with E-state index in [4.69, 9.17) is 0 Å². The first-order valence-electron chi connectivity index (χ1n) is 7.92. The first kappa shape index (κ1) is 12.9. The van der Waals surface area contributed by atoms with Gasteiger partial charge in [0.2, 0.25) is 0 Å². The highest BCUT2D eigenvalue weighted by molar-refractivity contribution is 5.63. The van der Waals surface area contributed by atoms with E-state index in [2.05, 4.69) is 23.5 Å². The lowest BCUT2D eigenvalue weighted by atomic mass is 9.79. The summed E-state index contributed by atoms with van der Waals surface area (Å²) in [7, 11) is 0. The van der Waals surface area contributed by atoms with E-state index in [1.54, 1.807) is 0 Å². The summed E-state index contributed by atoms with van der Waals surface area (Å²) < 4.78 is 15.0. The van der Waals surface area contributed by atoms with Crippen LogP contribution in [0.5, 0.6) is 0 Å². The predicted octanol–water partition coefficient (Wildman–Crippen LogP) is 4.98. The lowest BCUT2D eigenvalue weighted by molar-refractivity contribution is 0.398. The minimum atomic E-state index is -1.04. The molecule has 2 aromatic rings. The van der Waals surface area contributed by atoms with Crippen LogP contribution in [0.25, 0.3) is 0 Å². The number of para-hydroxylation sites is 1. The van der Waals surface area contributed by atoms with Gasteiger partial charge < -0.3 is 5.32 Å². The van der Waals surface area contributed by atoms with E-state index in [-0.39, 0.29) is 0 Å². The van der Waals surface area contributed by atoms with E-state index in [1.165, 1.54) is 30.4 Å². The van der Waals surface area contributed by atoms with Gasteiger partial charge in [-0.25, -0.2) is 4.39 Å². The number of anilines is 1. The maximum absolute atomic E-state index is 15.0. The molecule has 1 nitrogen and oxygen atoms in total. The van der Waals surface area contributed by atoms with Crippen LogP contribution in [0, 0.1) is 0 Å². The monoisotopic (exact) mass is 281 g/mol.